The minimum Gasteiger partial charge on any atom is -0.0683 e. The summed E-state index contributed by atoms with van der Waals surface area (Å²) in [5.41, 5.74) is 1.61. The third kappa shape index (κ3) is 16.7. The Kier molecular flexibility index (Phi) is 13.5. The molecule has 2 saturated carbocycles. The molecule has 0 heterocycles. The summed E-state index contributed by atoms with van der Waals surface area (Å²) in [6, 6.07) is 0. The molecule has 0 unspecified atom stereocenters. The van der Waals surface area contributed by atoms with Gasteiger partial charge in [0.05, 0.1) is 0 Å². The van der Waals surface area contributed by atoms with Crippen LogP contribution in [0.25, 0.3) is 0 Å². The SMILES string of the molecule is CC.CC(C)(C)CC1CCC(CC(C)(C)C)CC1.CC1CCC(CC(C)(C)C)CC1. The zero-order chi connectivity index (χ0) is 23.6. The van der Waals surface area contributed by atoms with Gasteiger partial charge in [-0.05, 0) is 59.2 Å². The molecule has 2 aliphatic carbocycles. The normalized spacial score (nSPS) is 28.0. The highest BCUT2D eigenvalue weighted by atomic mass is 14.3. The topological polar surface area (TPSA) is 0 Å². The van der Waals surface area contributed by atoms with Gasteiger partial charge in [0.15, 0.2) is 0 Å². The number of hydrogen-bond donors (Lipinski definition) is 0. The molecule has 0 atom stereocenters. The molecule has 0 amide bonds. The van der Waals surface area contributed by atoms with E-state index in [1.165, 1.54) is 70.6 Å². The number of hydrogen-bond acceptors (Lipinski definition) is 0. The summed E-state index contributed by atoms with van der Waals surface area (Å²) < 4.78 is 0. The highest BCUT2D eigenvalue weighted by Crippen LogP contribution is 2.40. The van der Waals surface area contributed by atoms with E-state index in [1.807, 2.05) is 13.8 Å². The standard InChI is InChI=1S/C16H32.C12H24.C2H6/c1-15(2,3)11-13-7-9-14(10-8-13)12-16(4,5)6;1-10-5-7-11(8-6-10)9-12(2,3)4;1-2/h13-14H,7-12H2,1-6H3;10-11H,5-9H2,1-4H3;1-2H3. The van der Waals surface area contributed by atoms with Crippen LogP contribution in [0.1, 0.15) is 154 Å². The fourth-order valence-electron chi connectivity index (χ4n) is 5.77. The van der Waals surface area contributed by atoms with E-state index in [0.717, 1.165) is 23.7 Å². The van der Waals surface area contributed by atoms with Crippen molar-refractivity contribution >= 4 is 0 Å². The first-order valence-electron chi connectivity index (χ1n) is 13.6. The van der Waals surface area contributed by atoms with E-state index in [-0.39, 0.29) is 0 Å². The Hall–Kier alpha value is 0. The van der Waals surface area contributed by atoms with Crippen LogP contribution in [0.15, 0.2) is 0 Å². The predicted molar refractivity (Wildman–Crippen MR) is 140 cm³/mol. The maximum absolute atomic E-state index is 2.40. The third-order valence-corrected chi connectivity index (χ3v) is 6.80. The van der Waals surface area contributed by atoms with E-state index in [1.54, 1.807) is 0 Å². The second kappa shape index (κ2) is 13.5. The van der Waals surface area contributed by atoms with Gasteiger partial charge in [0.2, 0.25) is 0 Å². The predicted octanol–water partition coefficient (Wildman–Crippen LogP) is 10.9. The molecule has 0 saturated heterocycles. The van der Waals surface area contributed by atoms with Gasteiger partial charge in [0.1, 0.15) is 0 Å². The van der Waals surface area contributed by atoms with Gasteiger partial charge in [-0.15, -0.1) is 0 Å². The molecule has 182 valence electrons. The summed E-state index contributed by atoms with van der Waals surface area (Å²) in [5.74, 6) is 4.05. The molecular formula is C30H62. The molecule has 2 fully saturated rings. The zero-order valence-corrected chi connectivity index (χ0v) is 23.6. The van der Waals surface area contributed by atoms with Gasteiger partial charge in [0, 0.05) is 0 Å². The Morgan fingerprint density at radius 3 is 0.833 bits per heavy atom. The lowest BCUT2D eigenvalue weighted by Gasteiger charge is -2.35. The first-order chi connectivity index (χ1) is 13.6. The van der Waals surface area contributed by atoms with Gasteiger partial charge < -0.3 is 0 Å². The van der Waals surface area contributed by atoms with Crippen LogP contribution < -0.4 is 0 Å². The van der Waals surface area contributed by atoms with Crippen molar-refractivity contribution < 1.29 is 0 Å². The third-order valence-electron chi connectivity index (χ3n) is 6.80. The first-order valence-corrected chi connectivity index (χ1v) is 13.6. The lowest BCUT2D eigenvalue weighted by molar-refractivity contribution is 0.171. The average Bonchev–Trinajstić information content (AvgIpc) is 2.57. The smallest absolute Gasteiger partial charge is 0.0380 e. The van der Waals surface area contributed by atoms with Crippen LogP contribution in [0.4, 0.5) is 0 Å². The van der Waals surface area contributed by atoms with Crippen molar-refractivity contribution in [2.45, 2.75) is 154 Å². The summed E-state index contributed by atoms with van der Waals surface area (Å²) in [6.07, 6.45) is 16.1. The van der Waals surface area contributed by atoms with Crippen molar-refractivity contribution in [3.05, 3.63) is 0 Å². The average molecular weight is 423 g/mol. The number of rotatable bonds is 3. The Morgan fingerprint density at radius 2 is 0.633 bits per heavy atom. The van der Waals surface area contributed by atoms with E-state index in [0.29, 0.717) is 16.2 Å². The lowest BCUT2D eigenvalue weighted by atomic mass is 9.71. The molecule has 30 heavy (non-hydrogen) atoms. The van der Waals surface area contributed by atoms with Gasteiger partial charge >= 0.3 is 0 Å². The van der Waals surface area contributed by atoms with Crippen molar-refractivity contribution in [2.24, 2.45) is 39.9 Å². The Morgan fingerprint density at radius 1 is 0.433 bits per heavy atom. The molecule has 0 aliphatic heterocycles. The van der Waals surface area contributed by atoms with Crippen LogP contribution >= 0.6 is 0 Å². The van der Waals surface area contributed by atoms with Crippen LogP contribution in [0, 0.1) is 39.9 Å². The van der Waals surface area contributed by atoms with Gasteiger partial charge in [-0.3, -0.25) is 0 Å². The molecule has 0 aromatic carbocycles. The largest absolute Gasteiger partial charge is 0.0683 e. The van der Waals surface area contributed by atoms with Crippen molar-refractivity contribution in [1.29, 1.82) is 0 Å². The monoisotopic (exact) mass is 422 g/mol. The van der Waals surface area contributed by atoms with Crippen LogP contribution in [-0.2, 0) is 0 Å². The molecule has 0 heteroatoms. The van der Waals surface area contributed by atoms with E-state index in [2.05, 4.69) is 69.2 Å². The van der Waals surface area contributed by atoms with E-state index < -0.39 is 0 Å². The maximum atomic E-state index is 2.40. The summed E-state index contributed by atoms with van der Waals surface area (Å²) in [4.78, 5) is 0. The molecule has 0 nitrogen and oxygen atoms in total. The molecule has 2 rings (SSSR count). The highest BCUT2D eigenvalue weighted by Gasteiger charge is 2.27. The Bertz CT molecular complexity index is 371. The van der Waals surface area contributed by atoms with Gasteiger partial charge in [-0.2, -0.15) is 0 Å². The minimum atomic E-state index is 0.529. The van der Waals surface area contributed by atoms with Crippen LogP contribution in [0.3, 0.4) is 0 Å². The summed E-state index contributed by atoms with van der Waals surface area (Å²) >= 11 is 0. The maximum Gasteiger partial charge on any atom is -0.0380 e. The van der Waals surface area contributed by atoms with Crippen molar-refractivity contribution in [1.82, 2.24) is 0 Å². The molecule has 0 aromatic heterocycles. The van der Waals surface area contributed by atoms with Crippen molar-refractivity contribution in [3.63, 3.8) is 0 Å². The summed E-state index contributed by atoms with van der Waals surface area (Å²) in [5, 5.41) is 0. The van der Waals surface area contributed by atoms with E-state index >= 15 is 0 Å². The zero-order valence-electron chi connectivity index (χ0n) is 23.6. The van der Waals surface area contributed by atoms with E-state index in [4.69, 9.17) is 0 Å². The molecule has 0 N–H and O–H groups in total. The summed E-state index contributed by atoms with van der Waals surface area (Å²) in [7, 11) is 0. The Labute approximate surface area is 193 Å². The van der Waals surface area contributed by atoms with Gasteiger partial charge in [-0.1, -0.05) is 134 Å². The van der Waals surface area contributed by atoms with Crippen LogP contribution in [-0.4, -0.2) is 0 Å². The fraction of sp³-hybridized carbons (Fsp3) is 1.00. The van der Waals surface area contributed by atoms with Crippen LogP contribution in [0.2, 0.25) is 0 Å². The molecule has 0 radical (unpaired) electrons. The Balaban J connectivity index is 0.000000535. The quantitative estimate of drug-likeness (QED) is 0.424. The molecule has 0 spiro atoms. The second-order valence-corrected chi connectivity index (χ2v) is 14.3. The molecular weight excluding hydrogens is 360 g/mol. The van der Waals surface area contributed by atoms with Crippen LogP contribution in [0.5, 0.6) is 0 Å². The first kappa shape index (κ1) is 30.0. The van der Waals surface area contributed by atoms with Gasteiger partial charge in [-0.25, -0.2) is 0 Å². The highest BCUT2D eigenvalue weighted by molar-refractivity contribution is 4.79. The fourth-order valence-corrected chi connectivity index (χ4v) is 5.77. The van der Waals surface area contributed by atoms with Gasteiger partial charge in [0.25, 0.3) is 0 Å². The second-order valence-electron chi connectivity index (χ2n) is 14.3. The summed E-state index contributed by atoms with van der Waals surface area (Å²) in [6.45, 7) is 27.8. The molecule has 0 aromatic rings. The minimum absolute atomic E-state index is 0.529. The van der Waals surface area contributed by atoms with Crippen molar-refractivity contribution in [3.8, 4) is 0 Å². The molecule has 2 aliphatic rings. The molecule has 0 bridgehead atoms. The lowest BCUT2D eigenvalue weighted by Crippen LogP contribution is -2.22. The van der Waals surface area contributed by atoms with Crippen molar-refractivity contribution in [2.75, 3.05) is 0 Å². The van der Waals surface area contributed by atoms with E-state index in [9.17, 15) is 0 Å².